The molecule has 1 aromatic rings. The number of morpholine rings is 1. The van der Waals surface area contributed by atoms with Gasteiger partial charge in [-0.05, 0) is 39.2 Å². The number of nitrogens with one attached hydrogen (secondary N) is 2. The van der Waals surface area contributed by atoms with Crippen LogP contribution in [0.4, 0.5) is 13.2 Å². The number of aryl methyl sites for hydroxylation is 1. The minimum atomic E-state index is -4.14. The molecule has 1 aromatic heterocycles. The molecule has 1 aliphatic carbocycles. The number of halogens is 4. The van der Waals surface area contributed by atoms with E-state index in [-0.39, 0.29) is 42.9 Å². The topological polar surface area (TPSA) is 79.6 Å². The van der Waals surface area contributed by atoms with Gasteiger partial charge in [0.05, 0.1) is 19.1 Å². The van der Waals surface area contributed by atoms with Gasteiger partial charge in [-0.3, -0.25) is 4.90 Å². The third kappa shape index (κ3) is 8.32. The fourth-order valence-electron chi connectivity index (χ4n) is 4.04. The van der Waals surface area contributed by atoms with Gasteiger partial charge in [-0.15, -0.1) is 34.2 Å². The lowest BCUT2D eigenvalue weighted by molar-refractivity contribution is -0.183. The molecule has 0 bridgehead atoms. The summed E-state index contributed by atoms with van der Waals surface area (Å²) >= 11 is 0. The lowest BCUT2D eigenvalue weighted by atomic mass is 9.85. The van der Waals surface area contributed by atoms with Crippen molar-refractivity contribution in [1.82, 2.24) is 30.3 Å². The Kier molecular flexibility index (Phi) is 10.9. The number of hydrogen-bond acceptors (Lipinski definition) is 5. The molecule has 1 aliphatic heterocycles. The highest BCUT2D eigenvalue weighted by atomic mass is 127. The Labute approximate surface area is 204 Å². The zero-order valence-electron chi connectivity index (χ0n) is 18.8. The first-order valence-corrected chi connectivity index (χ1v) is 11.1. The number of rotatable bonds is 7. The summed E-state index contributed by atoms with van der Waals surface area (Å²) in [5.41, 5.74) is 0. The molecular weight excluding hydrogens is 538 g/mol. The fraction of sp³-hybridized carbons (Fsp3) is 0.850. The summed E-state index contributed by atoms with van der Waals surface area (Å²) in [6.45, 7) is 7.22. The van der Waals surface area contributed by atoms with E-state index in [9.17, 15) is 13.2 Å². The predicted molar refractivity (Wildman–Crippen MR) is 127 cm³/mol. The van der Waals surface area contributed by atoms with E-state index in [1.54, 1.807) is 0 Å². The molecule has 1 saturated carbocycles. The zero-order valence-corrected chi connectivity index (χ0v) is 21.2. The van der Waals surface area contributed by atoms with Gasteiger partial charge in [0.15, 0.2) is 11.8 Å². The van der Waals surface area contributed by atoms with Crippen LogP contribution in [0.2, 0.25) is 0 Å². The van der Waals surface area contributed by atoms with Crippen LogP contribution in [0, 0.1) is 12.8 Å². The minimum absolute atomic E-state index is 0. The molecule has 12 heteroatoms. The van der Waals surface area contributed by atoms with Crippen molar-refractivity contribution in [2.24, 2.45) is 18.0 Å². The number of aromatic nitrogens is 3. The molecule has 2 fully saturated rings. The van der Waals surface area contributed by atoms with Crippen molar-refractivity contribution in [3.63, 3.8) is 0 Å². The SMILES string of the molecule is Cc1nnc(CN=C(NCCCN2CCOCC2)NC2CCCC(C(F)(F)F)C2)n1C.I. The molecule has 184 valence electrons. The molecule has 2 heterocycles. The highest BCUT2D eigenvalue weighted by Crippen LogP contribution is 2.37. The summed E-state index contributed by atoms with van der Waals surface area (Å²) in [5, 5.41) is 14.7. The molecule has 2 N–H and O–H groups in total. The molecule has 0 spiro atoms. The molecular formula is C20H35F3IN7O. The van der Waals surface area contributed by atoms with Crippen molar-refractivity contribution in [1.29, 1.82) is 0 Å². The average molecular weight is 573 g/mol. The van der Waals surface area contributed by atoms with Crippen molar-refractivity contribution in [2.45, 2.75) is 57.8 Å². The van der Waals surface area contributed by atoms with Gasteiger partial charge in [-0.1, -0.05) is 6.42 Å². The third-order valence-corrected chi connectivity index (χ3v) is 6.09. The van der Waals surface area contributed by atoms with Crippen LogP contribution in [0.5, 0.6) is 0 Å². The van der Waals surface area contributed by atoms with Gasteiger partial charge in [-0.25, -0.2) is 4.99 Å². The quantitative estimate of drug-likeness (QED) is 0.226. The van der Waals surface area contributed by atoms with E-state index in [2.05, 4.69) is 30.7 Å². The highest BCUT2D eigenvalue weighted by molar-refractivity contribution is 14.0. The first-order chi connectivity index (χ1) is 14.8. The Balaban J connectivity index is 0.00000363. The first-order valence-electron chi connectivity index (χ1n) is 11.1. The Bertz CT molecular complexity index is 723. The van der Waals surface area contributed by atoms with Crippen LogP contribution < -0.4 is 10.6 Å². The minimum Gasteiger partial charge on any atom is -0.379 e. The normalized spacial score (nSPS) is 23.0. The molecule has 8 nitrogen and oxygen atoms in total. The van der Waals surface area contributed by atoms with Gasteiger partial charge in [0, 0.05) is 32.7 Å². The van der Waals surface area contributed by atoms with Gasteiger partial charge < -0.3 is 19.9 Å². The standard InChI is InChI=1S/C20H34F3N7O.HI/c1-15-27-28-18(29(15)2)14-25-19(24-7-4-8-30-9-11-31-12-10-30)26-17-6-3-5-16(13-17)20(21,22)23;/h16-17H,3-14H2,1-2H3,(H2,24,25,26);1H. The average Bonchev–Trinajstić information content (AvgIpc) is 3.07. The summed E-state index contributed by atoms with van der Waals surface area (Å²) in [5.74, 6) is 0.792. The molecule has 32 heavy (non-hydrogen) atoms. The molecule has 3 rings (SSSR count). The molecule has 2 atom stereocenters. The number of ether oxygens (including phenoxy) is 1. The van der Waals surface area contributed by atoms with E-state index in [1.807, 2.05) is 18.5 Å². The van der Waals surface area contributed by atoms with Crippen molar-refractivity contribution >= 4 is 29.9 Å². The van der Waals surface area contributed by atoms with Crippen molar-refractivity contribution < 1.29 is 17.9 Å². The summed E-state index contributed by atoms with van der Waals surface area (Å²) in [4.78, 5) is 6.94. The Morgan fingerprint density at radius 2 is 1.97 bits per heavy atom. The lowest BCUT2D eigenvalue weighted by Crippen LogP contribution is -2.47. The number of nitrogens with zero attached hydrogens (tertiary/aromatic N) is 5. The smallest absolute Gasteiger partial charge is 0.379 e. The van der Waals surface area contributed by atoms with Gasteiger partial charge in [0.1, 0.15) is 12.4 Å². The van der Waals surface area contributed by atoms with Crippen molar-refractivity contribution in [3.05, 3.63) is 11.6 Å². The van der Waals surface area contributed by atoms with Gasteiger partial charge >= 0.3 is 6.18 Å². The van der Waals surface area contributed by atoms with Gasteiger partial charge in [-0.2, -0.15) is 13.2 Å². The van der Waals surface area contributed by atoms with E-state index in [0.29, 0.717) is 37.7 Å². The summed E-state index contributed by atoms with van der Waals surface area (Å²) in [7, 11) is 1.87. The van der Waals surface area contributed by atoms with E-state index < -0.39 is 12.1 Å². The van der Waals surface area contributed by atoms with Crippen LogP contribution in [0.1, 0.15) is 43.8 Å². The van der Waals surface area contributed by atoms with Gasteiger partial charge in [0.2, 0.25) is 0 Å². The summed E-state index contributed by atoms with van der Waals surface area (Å²) < 4.78 is 46.8. The van der Waals surface area contributed by atoms with Gasteiger partial charge in [0.25, 0.3) is 0 Å². The molecule has 0 radical (unpaired) electrons. The molecule has 2 unspecified atom stereocenters. The van der Waals surface area contributed by atoms with Crippen LogP contribution in [-0.2, 0) is 18.3 Å². The zero-order chi connectivity index (χ0) is 22.3. The van der Waals surface area contributed by atoms with E-state index in [4.69, 9.17) is 4.74 Å². The molecule has 2 aliphatic rings. The van der Waals surface area contributed by atoms with Crippen LogP contribution in [0.3, 0.4) is 0 Å². The van der Waals surface area contributed by atoms with Crippen molar-refractivity contribution in [3.8, 4) is 0 Å². The number of guanidine groups is 1. The Morgan fingerprint density at radius 1 is 1.22 bits per heavy atom. The Morgan fingerprint density at radius 3 is 2.62 bits per heavy atom. The summed E-state index contributed by atoms with van der Waals surface area (Å²) in [6.07, 6.45) is -1.65. The van der Waals surface area contributed by atoms with Crippen molar-refractivity contribution in [2.75, 3.05) is 39.4 Å². The van der Waals surface area contributed by atoms with E-state index in [0.717, 1.165) is 45.1 Å². The number of hydrogen-bond donors (Lipinski definition) is 2. The second-order valence-electron chi connectivity index (χ2n) is 8.37. The van der Waals surface area contributed by atoms with Crippen LogP contribution in [0.25, 0.3) is 0 Å². The monoisotopic (exact) mass is 573 g/mol. The second kappa shape index (κ2) is 12.9. The number of aliphatic imine (C=N–C) groups is 1. The lowest BCUT2D eigenvalue weighted by Gasteiger charge is -2.32. The Hall–Kier alpha value is -1.15. The fourth-order valence-corrected chi connectivity index (χ4v) is 4.04. The molecule has 1 saturated heterocycles. The predicted octanol–water partition coefficient (Wildman–Crippen LogP) is 2.62. The van der Waals surface area contributed by atoms with Crippen LogP contribution in [-0.4, -0.2) is 77.2 Å². The first kappa shape index (κ1) is 27.1. The highest BCUT2D eigenvalue weighted by Gasteiger charge is 2.42. The maximum Gasteiger partial charge on any atom is 0.391 e. The maximum absolute atomic E-state index is 13.2. The molecule has 0 amide bonds. The van der Waals surface area contributed by atoms with E-state index >= 15 is 0 Å². The molecule has 0 aromatic carbocycles. The maximum atomic E-state index is 13.2. The number of alkyl halides is 3. The van der Waals surface area contributed by atoms with Crippen LogP contribution >= 0.6 is 24.0 Å². The third-order valence-electron chi connectivity index (χ3n) is 6.09. The second-order valence-corrected chi connectivity index (χ2v) is 8.37. The summed E-state index contributed by atoms with van der Waals surface area (Å²) in [6, 6.07) is -0.243. The van der Waals surface area contributed by atoms with Crippen LogP contribution in [0.15, 0.2) is 4.99 Å². The van der Waals surface area contributed by atoms with E-state index in [1.165, 1.54) is 0 Å². The largest absolute Gasteiger partial charge is 0.391 e.